The van der Waals surface area contributed by atoms with Crippen LogP contribution >= 0.6 is 27.5 Å². The highest BCUT2D eigenvalue weighted by Crippen LogP contribution is 2.18. The van der Waals surface area contributed by atoms with Crippen LogP contribution in [0.5, 0.6) is 5.75 Å². The zero-order valence-corrected chi connectivity index (χ0v) is 17.3. The molecule has 0 atom stereocenters. The summed E-state index contributed by atoms with van der Waals surface area (Å²) in [4.78, 5) is 11.9. The van der Waals surface area contributed by atoms with Gasteiger partial charge in [-0.2, -0.15) is 5.10 Å². The van der Waals surface area contributed by atoms with Gasteiger partial charge in [0, 0.05) is 15.1 Å². The Morgan fingerprint density at radius 1 is 1.04 bits per heavy atom. The largest absolute Gasteiger partial charge is 0.489 e. The monoisotopic (exact) mass is 456 g/mol. The van der Waals surface area contributed by atoms with Crippen LogP contribution in [0, 0.1) is 0 Å². The number of carbonyl (C=O) groups is 1. The molecule has 0 fully saturated rings. The number of hydrazone groups is 1. The van der Waals surface area contributed by atoms with Crippen molar-refractivity contribution in [2.75, 3.05) is 0 Å². The van der Waals surface area contributed by atoms with Crippen molar-refractivity contribution in [3.8, 4) is 5.75 Å². The number of carbonyl (C=O) groups excluding carboxylic acids is 1. The highest BCUT2D eigenvalue weighted by Gasteiger charge is 2.02. The molecule has 1 amide bonds. The molecular formula is C22H18BrClN2O2. The molecular weight excluding hydrogens is 440 g/mol. The zero-order valence-electron chi connectivity index (χ0n) is 14.9. The molecule has 6 heteroatoms. The average Bonchev–Trinajstić information content (AvgIpc) is 2.70. The van der Waals surface area contributed by atoms with Crippen LogP contribution in [-0.2, 0) is 17.8 Å². The first-order valence-corrected chi connectivity index (χ1v) is 9.80. The molecule has 142 valence electrons. The number of benzene rings is 3. The van der Waals surface area contributed by atoms with Gasteiger partial charge in [0.15, 0.2) is 0 Å². The molecule has 0 unspecified atom stereocenters. The minimum atomic E-state index is -0.168. The summed E-state index contributed by atoms with van der Waals surface area (Å²) in [6, 6.07) is 22.6. The number of hydrogen-bond acceptors (Lipinski definition) is 3. The van der Waals surface area contributed by atoms with Crippen molar-refractivity contribution in [3.05, 3.63) is 99.0 Å². The van der Waals surface area contributed by atoms with Crippen molar-refractivity contribution >= 4 is 39.7 Å². The third-order valence-corrected chi connectivity index (χ3v) is 4.81. The van der Waals surface area contributed by atoms with Crippen LogP contribution in [0.3, 0.4) is 0 Å². The van der Waals surface area contributed by atoms with Crippen molar-refractivity contribution in [3.63, 3.8) is 0 Å². The van der Waals surface area contributed by atoms with E-state index in [2.05, 4.69) is 26.5 Å². The van der Waals surface area contributed by atoms with Gasteiger partial charge in [0.1, 0.15) is 12.4 Å². The number of nitrogens with zero attached hydrogens (tertiary/aromatic N) is 1. The van der Waals surface area contributed by atoms with Gasteiger partial charge in [-0.15, -0.1) is 0 Å². The molecule has 0 saturated heterocycles. The molecule has 3 rings (SSSR count). The molecule has 0 aliphatic rings. The number of nitrogens with one attached hydrogen (secondary N) is 1. The first kappa shape index (κ1) is 20.1. The molecule has 0 aromatic heterocycles. The Bertz CT molecular complexity index is 957. The average molecular weight is 458 g/mol. The van der Waals surface area contributed by atoms with Crippen molar-refractivity contribution < 1.29 is 9.53 Å². The Balaban J connectivity index is 1.47. The highest BCUT2D eigenvalue weighted by atomic mass is 79.9. The Hall–Kier alpha value is -2.63. The quantitative estimate of drug-likeness (QED) is 0.383. The molecule has 28 heavy (non-hydrogen) atoms. The van der Waals surface area contributed by atoms with Gasteiger partial charge < -0.3 is 4.74 Å². The van der Waals surface area contributed by atoms with Crippen LogP contribution in [0.25, 0.3) is 0 Å². The summed E-state index contributed by atoms with van der Waals surface area (Å²) in [6.07, 6.45) is 1.87. The zero-order chi connectivity index (χ0) is 19.8. The predicted molar refractivity (Wildman–Crippen MR) is 116 cm³/mol. The van der Waals surface area contributed by atoms with Crippen molar-refractivity contribution in [1.29, 1.82) is 0 Å². The van der Waals surface area contributed by atoms with Gasteiger partial charge in [0.05, 0.1) is 12.6 Å². The summed E-state index contributed by atoms with van der Waals surface area (Å²) in [6.45, 7) is 0.402. The van der Waals surface area contributed by atoms with Gasteiger partial charge >= 0.3 is 0 Å². The van der Waals surface area contributed by atoms with E-state index < -0.39 is 0 Å². The summed E-state index contributed by atoms with van der Waals surface area (Å²) in [5.41, 5.74) is 5.25. The smallest absolute Gasteiger partial charge is 0.244 e. The van der Waals surface area contributed by atoms with E-state index in [9.17, 15) is 4.79 Å². The van der Waals surface area contributed by atoms with E-state index in [0.717, 1.165) is 26.9 Å². The van der Waals surface area contributed by atoms with E-state index in [1.54, 1.807) is 6.21 Å². The molecule has 0 radical (unpaired) electrons. The van der Waals surface area contributed by atoms with E-state index in [0.29, 0.717) is 11.6 Å². The molecule has 0 heterocycles. The second kappa shape index (κ2) is 10.1. The SMILES string of the molecule is O=C(Cc1ccc(Br)cc1)NN=Cc1ccc(OCc2ccccc2Cl)cc1. The normalized spacial score (nSPS) is 10.8. The van der Waals surface area contributed by atoms with Gasteiger partial charge in [-0.05, 0) is 53.6 Å². The minimum absolute atomic E-state index is 0.168. The van der Waals surface area contributed by atoms with Gasteiger partial charge in [-0.1, -0.05) is 57.9 Å². The van der Waals surface area contributed by atoms with Crippen LogP contribution < -0.4 is 10.2 Å². The molecule has 0 bridgehead atoms. The maximum Gasteiger partial charge on any atom is 0.244 e. The lowest BCUT2D eigenvalue weighted by molar-refractivity contribution is -0.120. The third-order valence-electron chi connectivity index (χ3n) is 3.91. The summed E-state index contributed by atoms with van der Waals surface area (Å²) >= 11 is 9.49. The highest BCUT2D eigenvalue weighted by molar-refractivity contribution is 9.10. The van der Waals surface area contributed by atoms with Gasteiger partial charge in [0.2, 0.25) is 5.91 Å². The standard InChI is InChI=1S/C22H18BrClN2O2/c23-19-9-5-16(6-10-19)13-22(27)26-25-14-17-7-11-20(12-8-17)28-15-18-3-1-2-4-21(18)24/h1-12,14H,13,15H2,(H,26,27). The molecule has 1 N–H and O–H groups in total. The number of ether oxygens (including phenoxy) is 1. The van der Waals surface area contributed by atoms with E-state index in [1.165, 1.54) is 0 Å². The minimum Gasteiger partial charge on any atom is -0.489 e. The molecule has 3 aromatic rings. The van der Waals surface area contributed by atoms with Crippen LogP contribution in [0.1, 0.15) is 16.7 Å². The third kappa shape index (κ3) is 6.22. The maximum absolute atomic E-state index is 11.9. The summed E-state index contributed by atoms with van der Waals surface area (Å²) in [5, 5.41) is 4.68. The first-order chi connectivity index (χ1) is 13.6. The van der Waals surface area contributed by atoms with Crippen molar-refractivity contribution in [2.24, 2.45) is 5.10 Å². The fourth-order valence-corrected chi connectivity index (χ4v) is 2.89. The lowest BCUT2D eigenvalue weighted by atomic mass is 10.1. The maximum atomic E-state index is 11.9. The van der Waals surface area contributed by atoms with Crippen LogP contribution in [0.2, 0.25) is 5.02 Å². The second-order valence-corrected chi connectivity index (χ2v) is 7.37. The Morgan fingerprint density at radius 3 is 2.46 bits per heavy atom. The first-order valence-electron chi connectivity index (χ1n) is 8.63. The van der Waals surface area contributed by atoms with Gasteiger partial charge in [-0.3, -0.25) is 4.79 Å². The van der Waals surface area contributed by atoms with Crippen LogP contribution in [0.4, 0.5) is 0 Å². The van der Waals surface area contributed by atoms with E-state index in [-0.39, 0.29) is 12.3 Å². The Kier molecular flexibility index (Phi) is 7.23. The second-order valence-electron chi connectivity index (χ2n) is 6.05. The molecule has 0 aliphatic heterocycles. The lowest BCUT2D eigenvalue weighted by Gasteiger charge is -2.07. The topological polar surface area (TPSA) is 50.7 Å². The van der Waals surface area contributed by atoms with Crippen molar-refractivity contribution in [1.82, 2.24) is 5.43 Å². The number of hydrogen-bond donors (Lipinski definition) is 1. The predicted octanol–water partition coefficient (Wildman–Crippen LogP) is 5.37. The number of rotatable bonds is 7. The molecule has 4 nitrogen and oxygen atoms in total. The molecule has 0 spiro atoms. The lowest BCUT2D eigenvalue weighted by Crippen LogP contribution is -2.19. The van der Waals surface area contributed by atoms with E-state index in [4.69, 9.17) is 16.3 Å². The molecule has 0 saturated carbocycles. The summed E-state index contributed by atoms with van der Waals surface area (Å²) in [5.74, 6) is 0.564. The van der Waals surface area contributed by atoms with Crippen LogP contribution in [-0.4, -0.2) is 12.1 Å². The fourth-order valence-electron chi connectivity index (χ4n) is 2.43. The van der Waals surface area contributed by atoms with E-state index in [1.807, 2.05) is 72.8 Å². The molecule has 3 aromatic carbocycles. The number of halogens is 2. The summed E-state index contributed by atoms with van der Waals surface area (Å²) in [7, 11) is 0. The summed E-state index contributed by atoms with van der Waals surface area (Å²) < 4.78 is 6.72. The Morgan fingerprint density at radius 2 is 1.75 bits per heavy atom. The molecule has 0 aliphatic carbocycles. The van der Waals surface area contributed by atoms with Crippen molar-refractivity contribution in [2.45, 2.75) is 13.0 Å². The van der Waals surface area contributed by atoms with E-state index >= 15 is 0 Å². The van der Waals surface area contributed by atoms with Crippen LogP contribution in [0.15, 0.2) is 82.4 Å². The number of amides is 1. The van der Waals surface area contributed by atoms with Gasteiger partial charge in [-0.25, -0.2) is 5.43 Å². The Labute approximate surface area is 177 Å². The fraction of sp³-hybridized carbons (Fsp3) is 0.0909. The van der Waals surface area contributed by atoms with Gasteiger partial charge in [0.25, 0.3) is 0 Å².